The molecule has 0 unspecified atom stereocenters. The number of aryl methyl sites for hydroxylation is 1. The second-order valence-corrected chi connectivity index (χ2v) is 4.57. The lowest BCUT2D eigenvalue weighted by Gasteiger charge is -2.08. The van der Waals surface area contributed by atoms with Gasteiger partial charge in [-0.25, -0.2) is 0 Å². The van der Waals surface area contributed by atoms with Gasteiger partial charge in [0.1, 0.15) is 17.9 Å². The number of aromatic nitrogens is 3. The molecule has 1 heterocycles. The Bertz CT molecular complexity index is 512. The van der Waals surface area contributed by atoms with Crippen LogP contribution < -0.4 is 10.5 Å². The molecule has 0 aliphatic carbocycles. The fourth-order valence-corrected chi connectivity index (χ4v) is 2.38. The SMILES string of the molecule is COc1cc(N)ccc1SCc1nncn1C. The van der Waals surface area contributed by atoms with Gasteiger partial charge in [-0.3, -0.25) is 0 Å². The van der Waals surface area contributed by atoms with Crippen molar-refractivity contribution < 1.29 is 4.74 Å². The van der Waals surface area contributed by atoms with Gasteiger partial charge in [0, 0.05) is 23.7 Å². The van der Waals surface area contributed by atoms with Gasteiger partial charge in [-0.05, 0) is 12.1 Å². The molecule has 0 saturated heterocycles. The first kappa shape index (κ1) is 11.8. The Morgan fingerprint density at radius 1 is 1.47 bits per heavy atom. The van der Waals surface area contributed by atoms with Crippen LogP contribution in [0.4, 0.5) is 5.69 Å². The average molecular weight is 250 g/mol. The van der Waals surface area contributed by atoms with Crippen LogP contribution in [0.3, 0.4) is 0 Å². The molecule has 0 aliphatic heterocycles. The van der Waals surface area contributed by atoms with E-state index in [1.54, 1.807) is 25.2 Å². The predicted octanol–water partition coefficient (Wildman–Crippen LogP) is 1.70. The van der Waals surface area contributed by atoms with Crippen LogP contribution in [0.1, 0.15) is 5.82 Å². The van der Waals surface area contributed by atoms with E-state index in [0.29, 0.717) is 5.69 Å². The number of hydrogen-bond acceptors (Lipinski definition) is 5. The van der Waals surface area contributed by atoms with E-state index in [1.165, 1.54) is 0 Å². The lowest BCUT2D eigenvalue weighted by molar-refractivity contribution is 0.405. The minimum absolute atomic E-state index is 0.699. The number of hydrogen-bond donors (Lipinski definition) is 1. The number of thioether (sulfide) groups is 1. The molecule has 0 atom stereocenters. The van der Waals surface area contributed by atoms with Crippen molar-refractivity contribution in [3.63, 3.8) is 0 Å². The number of anilines is 1. The van der Waals surface area contributed by atoms with Gasteiger partial charge in [0.2, 0.25) is 0 Å². The fraction of sp³-hybridized carbons (Fsp3) is 0.273. The summed E-state index contributed by atoms with van der Waals surface area (Å²) >= 11 is 1.65. The number of nitrogens with zero attached hydrogens (tertiary/aromatic N) is 3. The minimum atomic E-state index is 0.699. The summed E-state index contributed by atoms with van der Waals surface area (Å²) in [5, 5.41) is 7.87. The zero-order valence-electron chi connectivity index (χ0n) is 9.75. The maximum atomic E-state index is 5.70. The van der Waals surface area contributed by atoms with E-state index in [2.05, 4.69) is 10.2 Å². The predicted molar refractivity (Wildman–Crippen MR) is 68.0 cm³/mol. The number of rotatable bonds is 4. The summed E-state index contributed by atoms with van der Waals surface area (Å²) in [6.07, 6.45) is 1.69. The maximum Gasteiger partial charge on any atom is 0.142 e. The average Bonchev–Trinajstić information content (AvgIpc) is 2.73. The number of nitrogen functional groups attached to an aromatic ring is 1. The van der Waals surface area contributed by atoms with Crippen LogP contribution in [-0.2, 0) is 12.8 Å². The Kier molecular flexibility index (Phi) is 3.53. The molecule has 0 fully saturated rings. The summed E-state index contributed by atoms with van der Waals surface area (Å²) in [4.78, 5) is 1.05. The van der Waals surface area contributed by atoms with Gasteiger partial charge in [0.25, 0.3) is 0 Å². The highest BCUT2D eigenvalue weighted by molar-refractivity contribution is 7.98. The molecule has 1 aromatic carbocycles. The van der Waals surface area contributed by atoms with Gasteiger partial charge in [0.15, 0.2) is 0 Å². The van der Waals surface area contributed by atoms with Crippen molar-refractivity contribution in [2.75, 3.05) is 12.8 Å². The van der Waals surface area contributed by atoms with Crippen molar-refractivity contribution in [2.24, 2.45) is 7.05 Å². The summed E-state index contributed by atoms with van der Waals surface area (Å²) < 4.78 is 7.18. The summed E-state index contributed by atoms with van der Waals surface area (Å²) in [6, 6.07) is 5.63. The Morgan fingerprint density at radius 3 is 2.94 bits per heavy atom. The maximum absolute atomic E-state index is 5.70. The van der Waals surface area contributed by atoms with Gasteiger partial charge in [0.05, 0.1) is 12.9 Å². The summed E-state index contributed by atoms with van der Waals surface area (Å²) in [7, 11) is 3.57. The lowest BCUT2D eigenvalue weighted by Crippen LogP contribution is -1.95. The molecule has 0 saturated carbocycles. The Labute approximate surface area is 104 Å². The monoisotopic (exact) mass is 250 g/mol. The van der Waals surface area contributed by atoms with Crippen LogP contribution in [0.15, 0.2) is 29.4 Å². The number of ether oxygens (including phenoxy) is 1. The molecule has 90 valence electrons. The zero-order chi connectivity index (χ0) is 12.3. The van der Waals surface area contributed by atoms with E-state index >= 15 is 0 Å². The molecular weight excluding hydrogens is 236 g/mol. The Morgan fingerprint density at radius 2 is 2.29 bits per heavy atom. The van der Waals surface area contributed by atoms with Crippen molar-refractivity contribution in [1.82, 2.24) is 14.8 Å². The van der Waals surface area contributed by atoms with Gasteiger partial charge in [-0.1, -0.05) is 0 Å². The standard InChI is InChI=1S/C11H14N4OS/c1-15-7-13-14-11(15)6-17-10-4-3-8(12)5-9(10)16-2/h3-5,7H,6,12H2,1-2H3. The van der Waals surface area contributed by atoms with E-state index in [4.69, 9.17) is 10.5 Å². The Hall–Kier alpha value is -1.69. The molecule has 2 aromatic rings. The van der Waals surface area contributed by atoms with Crippen LogP contribution in [-0.4, -0.2) is 21.9 Å². The molecule has 0 amide bonds. The van der Waals surface area contributed by atoms with E-state index in [0.717, 1.165) is 22.2 Å². The lowest BCUT2D eigenvalue weighted by atomic mass is 10.3. The smallest absolute Gasteiger partial charge is 0.142 e. The highest BCUT2D eigenvalue weighted by Crippen LogP contribution is 2.32. The molecule has 6 heteroatoms. The summed E-state index contributed by atoms with van der Waals surface area (Å²) in [5.74, 6) is 2.46. The van der Waals surface area contributed by atoms with Crippen molar-refractivity contribution in [2.45, 2.75) is 10.6 Å². The molecule has 0 bridgehead atoms. The molecule has 17 heavy (non-hydrogen) atoms. The van der Waals surface area contributed by atoms with Gasteiger partial charge < -0.3 is 15.0 Å². The zero-order valence-corrected chi connectivity index (χ0v) is 10.6. The molecular formula is C11H14N4OS. The van der Waals surface area contributed by atoms with Crippen LogP contribution >= 0.6 is 11.8 Å². The normalized spacial score (nSPS) is 10.5. The molecule has 0 aliphatic rings. The molecule has 0 spiro atoms. The second kappa shape index (κ2) is 5.09. The van der Waals surface area contributed by atoms with Crippen molar-refractivity contribution >= 4 is 17.4 Å². The highest BCUT2D eigenvalue weighted by Gasteiger charge is 2.07. The first-order chi connectivity index (χ1) is 8.20. The highest BCUT2D eigenvalue weighted by atomic mass is 32.2. The third-order valence-electron chi connectivity index (χ3n) is 2.35. The van der Waals surface area contributed by atoms with E-state index in [1.807, 2.05) is 29.8 Å². The third-order valence-corrected chi connectivity index (χ3v) is 3.40. The minimum Gasteiger partial charge on any atom is -0.496 e. The largest absolute Gasteiger partial charge is 0.496 e. The number of benzene rings is 1. The number of nitrogens with two attached hydrogens (primary N) is 1. The van der Waals surface area contributed by atoms with Gasteiger partial charge in [-0.2, -0.15) is 0 Å². The molecule has 1 aromatic heterocycles. The van der Waals surface area contributed by atoms with Gasteiger partial charge in [-0.15, -0.1) is 22.0 Å². The summed E-state index contributed by atoms with van der Waals surface area (Å²) in [6.45, 7) is 0. The Balaban J connectivity index is 2.11. The van der Waals surface area contributed by atoms with Crippen LogP contribution in [0, 0.1) is 0 Å². The quantitative estimate of drug-likeness (QED) is 0.661. The molecule has 5 nitrogen and oxygen atoms in total. The van der Waals surface area contributed by atoms with Crippen LogP contribution in [0.2, 0.25) is 0 Å². The van der Waals surface area contributed by atoms with E-state index < -0.39 is 0 Å². The second-order valence-electron chi connectivity index (χ2n) is 3.56. The molecule has 2 rings (SSSR count). The first-order valence-electron chi connectivity index (χ1n) is 5.10. The fourth-order valence-electron chi connectivity index (χ4n) is 1.38. The molecule has 2 N–H and O–H groups in total. The van der Waals surface area contributed by atoms with E-state index in [9.17, 15) is 0 Å². The third kappa shape index (κ3) is 2.71. The molecule has 0 radical (unpaired) electrons. The topological polar surface area (TPSA) is 66.0 Å². The van der Waals surface area contributed by atoms with Crippen molar-refractivity contribution in [3.05, 3.63) is 30.4 Å². The van der Waals surface area contributed by atoms with Crippen LogP contribution in [0.5, 0.6) is 5.75 Å². The van der Waals surface area contributed by atoms with Crippen molar-refractivity contribution in [1.29, 1.82) is 0 Å². The first-order valence-corrected chi connectivity index (χ1v) is 6.08. The van der Waals surface area contributed by atoms with Crippen LogP contribution in [0.25, 0.3) is 0 Å². The number of methoxy groups -OCH3 is 1. The van der Waals surface area contributed by atoms with Crippen molar-refractivity contribution in [3.8, 4) is 5.75 Å². The van der Waals surface area contributed by atoms with Gasteiger partial charge >= 0.3 is 0 Å². The van der Waals surface area contributed by atoms with E-state index in [-0.39, 0.29) is 0 Å². The summed E-state index contributed by atoms with van der Waals surface area (Å²) in [5.41, 5.74) is 6.40.